The molecule has 7 nitrogen and oxygen atoms in total. The summed E-state index contributed by atoms with van der Waals surface area (Å²) in [5, 5.41) is 18.7. The molecule has 174 valence electrons. The van der Waals surface area contributed by atoms with Crippen LogP contribution in [0.4, 0.5) is 5.69 Å². The van der Waals surface area contributed by atoms with Crippen LogP contribution in [-0.2, 0) is 11.2 Å². The Labute approximate surface area is 198 Å². The predicted molar refractivity (Wildman–Crippen MR) is 131 cm³/mol. The van der Waals surface area contributed by atoms with Crippen LogP contribution < -0.4 is 10.1 Å². The molecule has 2 aliphatic rings. The maximum absolute atomic E-state index is 12.7. The van der Waals surface area contributed by atoms with Gasteiger partial charge in [0.15, 0.2) is 0 Å². The van der Waals surface area contributed by atoms with Crippen LogP contribution in [-0.4, -0.2) is 58.9 Å². The first-order chi connectivity index (χ1) is 16.0. The Morgan fingerprint density at radius 3 is 2.67 bits per heavy atom. The van der Waals surface area contributed by atoms with Crippen molar-refractivity contribution in [1.29, 1.82) is 0 Å². The second kappa shape index (κ2) is 10.7. The van der Waals surface area contributed by atoms with E-state index in [1.807, 2.05) is 55.2 Å². The number of aliphatic carboxylic acids is 1. The van der Waals surface area contributed by atoms with Gasteiger partial charge in [0.2, 0.25) is 0 Å². The summed E-state index contributed by atoms with van der Waals surface area (Å²) in [7, 11) is 0. The maximum atomic E-state index is 12.7. The number of carboxylic acid groups (broad SMARTS) is 1. The van der Waals surface area contributed by atoms with Crippen LogP contribution >= 0.6 is 11.8 Å². The van der Waals surface area contributed by atoms with Crippen molar-refractivity contribution in [2.24, 2.45) is 11.0 Å². The molecule has 1 fully saturated rings. The van der Waals surface area contributed by atoms with Crippen molar-refractivity contribution in [3.05, 3.63) is 59.2 Å². The van der Waals surface area contributed by atoms with Crippen molar-refractivity contribution in [3.8, 4) is 5.75 Å². The third-order valence-corrected chi connectivity index (χ3v) is 6.92. The standard InChI is InChI=1S/C25H29N3O4S/c1-2-22-20(14-24(29)30)13-19-7-8-21(15-23(19)32-22)27-25(31)18-5-3-17(4-6-18)16-26-28-9-11-33-12-10-28/h3-8,15-16,20,22H,2,9-14H2,1H3,(H,27,31)(H,29,30). The van der Waals surface area contributed by atoms with Crippen molar-refractivity contribution < 1.29 is 19.4 Å². The van der Waals surface area contributed by atoms with Crippen LogP contribution in [0, 0.1) is 5.92 Å². The van der Waals surface area contributed by atoms with E-state index < -0.39 is 5.97 Å². The van der Waals surface area contributed by atoms with E-state index in [2.05, 4.69) is 15.4 Å². The molecule has 0 radical (unpaired) electrons. The monoisotopic (exact) mass is 467 g/mol. The molecule has 2 N–H and O–H groups in total. The van der Waals surface area contributed by atoms with Gasteiger partial charge in [-0.3, -0.25) is 14.6 Å². The first-order valence-corrected chi connectivity index (χ1v) is 12.5. The lowest BCUT2D eigenvalue weighted by molar-refractivity contribution is -0.139. The number of carbonyl (C=O) groups excluding carboxylic acids is 1. The van der Waals surface area contributed by atoms with Crippen molar-refractivity contribution in [2.45, 2.75) is 32.3 Å². The lowest BCUT2D eigenvalue weighted by atomic mass is 9.87. The molecule has 33 heavy (non-hydrogen) atoms. The van der Waals surface area contributed by atoms with Crippen molar-refractivity contribution in [3.63, 3.8) is 0 Å². The Kier molecular flexibility index (Phi) is 7.54. The number of carboxylic acids is 1. The zero-order valence-electron chi connectivity index (χ0n) is 18.7. The number of hydrazone groups is 1. The average Bonchev–Trinajstić information content (AvgIpc) is 2.83. The van der Waals surface area contributed by atoms with E-state index in [0.29, 0.717) is 23.4 Å². The number of fused-ring (bicyclic) bond motifs is 1. The quantitative estimate of drug-likeness (QED) is 0.595. The number of benzene rings is 2. The molecule has 0 saturated carbocycles. The van der Waals surface area contributed by atoms with E-state index in [1.54, 1.807) is 12.1 Å². The SMILES string of the molecule is CCC1Oc2cc(NC(=O)c3ccc(C=NN4CCSCC4)cc3)ccc2CC1CC(=O)O. The van der Waals surface area contributed by atoms with Gasteiger partial charge in [0.05, 0.1) is 12.6 Å². The second-order valence-corrected chi connectivity index (χ2v) is 9.56. The third-order valence-electron chi connectivity index (χ3n) is 5.98. The molecule has 8 heteroatoms. The zero-order chi connectivity index (χ0) is 23.2. The Hall–Kier alpha value is -3.00. The fourth-order valence-electron chi connectivity index (χ4n) is 4.17. The lowest BCUT2D eigenvalue weighted by Crippen LogP contribution is -2.34. The van der Waals surface area contributed by atoms with Crippen LogP contribution in [0.1, 0.15) is 41.3 Å². The molecule has 1 saturated heterocycles. The number of thioether (sulfide) groups is 1. The molecule has 2 aliphatic heterocycles. The summed E-state index contributed by atoms with van der Waals surface area (Å²) in [6, 6.07) is 12.9. The van der Waals surface area contributed by atoms with Crippen LogP contribution in [0.15, 0.2) is 47.6 Å². The summed E-state index contributed by atoms with van der Waals surface area (Å²) < 4.78 is 6.08. The summed E-state index contributed by atoms with van der Waals surface area (Å²) >= 11 is 1.95. The summed E-state index contributed by atoms with van der Waals surface area (Å²) in [6.45, 7) is 3.92. The van der Waals surface area contributed by atoms with E-state index >= 15 is 0 Å². The first kappa shape index (κ1) is 23.2. The topological polar surface area (TPSA) is 91.2 Å². The highest BCUT2D eigenvalue weighted by molar-refractivity contribution is 7.99. The molecule has 0 bridgehead atoms. The van der Waals surface area contributed by atoms with Crippen LogP contribution in [0.5, 0.6) is 5.75 Å². The minimum Gasteiger partial charge on any atom is -0.490 e. The van der Waals surface area contributed by atoms with Crippen molar-refractivity contribution >= 4 is 35.5 Å². The number of hydrogen-bond acceptors (Lipinski definition) is 6. The molecule has 1 amide bonds. The third kappa shape index (κ3) is 6.07. The Balaban J connectivity index is 1.38. The van der Waals surface area contributed by atoms with Crippen molar-refractivity contribution in [2.75, 3.05) is 29.9 Å². The number of nitrogens with zero attached hydrogens (tertiary/aromatic N) is 2. The van der Waals surface area contributed by atoms with Crippen LogP contribution in [0.3, 0.4) is 0 Å². The molecule has 0 aliphatic carbocycles. The highest BCUT2D eigenvalue weighted by Gasteiger charge is 2.30. The smallest absolute Gasteiger partial charge is 0.303 e. The zero-order valence-corrected chi connectivity index (χ0v) is 19.5. The fraction of sp³-hybridized carbons (Fsp3) is 0.400. The second-order valence-electron chi connectivity index (χ2n) is 8.34. The minimum absolute atomic E-state index is 0.0451. The highest BCUT2D eigenvalue weighted by atomic mass is 32.2. The Bertz CT molecular complexity index is 1020. The number of nitrogens with one attached hydrogen (secondary N) is 1. The van der Waals surface area contributed by atoms with Crippen LogP contribution in [0.2, 0.25) is 0 Å². The minimum atomic E-state index is -0.808. The number of carbonyl (C=O) groups is 2. The highest BCUT2D eigenvalue weighted by Crippen LogP contribution is 2.35. The number of amides is 1. The van der Waals surface area contributed by atoms with Crippen LogP contribution in [0.25, 0.3) is 0 Å². The summed E-state index contributed by atoms with van der Waals surface area (Å²) in [5.41, 5.74) is 3.14. The Morgan fingerprint density at radius 2 is 1.97 bits per heavy atom. The van der Waals surface area contributed by atoms with E-state index in [4.69, 9.17) is 4.74 Å². The molecule has 0 aromatic heterocycles. The van der Waals surface area contributed by atoms with E-state index in [1.165, 1.54) is 0 Å². The maximum Gasteiger partial charge on any atom is 0.303 e. The molecule has 0 spiro atoms. The van der Waals surface area contributed by atoms with Gasteiger partial charge >= 0.3 is 5.97 Å². The molecule has 2 aromatic rings. The van der Waals surface area contributed by atoms with Gasteiger partial charge in [-0.15, -0.1) is 0 Å². The first-order valence-electron chi connectivity index (χ1n) is 11.3. The van der Waals surface area contributed by atoms with E-state index in [0.717, 1.165) is 42.1 Å². The summed E-state index contributed by atoms with van der Waals surface area (Å²) in [6.07, 6.45) is 3.18. The van der Waals surface area contributed by atoms with Gasteiger partial charge in [0, 0.05) is 47.8 Å². The molecular formula is C25H29N3O4S. The predicted octanol–water partition coefficient (Wildman–Crippen LogP) is 4.13. The average molecular weight is 468 g/mol. The van der Waals surface area contributed by atoms with Gasteiger partial charge in [-0.25, -0.2) is 0 Å². The fourth-order valence-corrected chi connectivity index (χ4v) is 5.05. The number of hydrogen-bond donors (Lipinski definition) is 2. The summed E-state index contributed by atoms with van der Waals surface area (Å²) in [5.74, 6) is 1.87. The largest absolute Gasteiger partial charge is 0.490 e. The van der Waals surface area contributed by atoms with Gasteiger partial charge < -0.3 is 15.2 Å². The number of rotatable bonds is 7. The van der Waals surface area contributed by atoms with Gasteiger partial charge in [-0.05, 0) is 42.2 Å². The Morgan fingerprint density at radius 1 is 1.21 bits per heavy atom. The van der Waals surface area contributed by atoms with Gasteiger partial charge in [-0.1, -0.05) is 25.1 Å². The van der Waals surface area contributed by atoms with Gasteiger partial charge in [0.25, 0.3) is 5.91 Å². The van der Waals surface area contributed by atoms with E-state index in [-0.39, 0.29) is 24.3 Å². The molecule has 2 aromatic carbocycles. The number of ether oxygens (including phenoxy) is 1. The molecule has 2 unspecified atom stereocenters. The lowest BCUT2D eigenvalue weighted by Gasteiger charge is -2.32. The van der Waals surface area contributed by atoms with Gasteiger partial charge in [-0.2, -0.15) is 16.9 Å². The molecular weight excluding hydrogens is 438 g/mol. The summed E-state index contributed by atoms with van der Waals surface area (Å²) in [4.78, 5) is 23.9. The molecule has 2 atom stereocenters. The van der Waals surface area contributed by atoms with Gasteiger partial charge in [0.1, 0.15) is 11.9 Å². The van der Waals surface area contributed by atoms with Crippen molar-refractivity contribution in [1.82, 2.24) is 5.01 Å². The normalized spacial score (nSPS) is 20.2. The molecule has 2 heterocycles. The number of anilines is 1. The van der Waals surface area contributed by atoms with E-state index in [9.17, 15) is 14.7 Å². The molecule has 4 rings (SSSR count).